The molecule has 2 heterocycles. The summed E-state index contributed by atoms with van der Waals surface area (Å²) in [6.07, 6.45) is 1.72. The number of carbonyl (C=O) groups is 1. The van der Waals surface area contributed by atoms with E-state index in [1.165, 1.54) is 0 Å². The molecule has 1 aromatic rings. The minimum atomic E-state index is -0.347. The molecule has 3 nitrogen and oxygen atoms in total. The number of hydrogen-bond donors (Lipinski definition) is 1. The molecule has 1 aromatic heterocycles. The zero-order valence-corrected chi connectivity index (χ0v) is 9.77. The lowest BCUT2D eigenvalue weighted by atomic mass is 9.98. The standard InChI is InChI=1S/C10H10N2OS2/c1-6(7-4-2-3-5-12-7)8(9(11)13)10-14-15-10/h2-6H,1H3,(H2,11,13). The molecule has 2 N–H and O–H groups in total. The van der Waals surface area contributed by atoms with Gasteiger partial charge in [-0.3, -0.25) is 9.78 Å². The minimum Gasteiger partial charge on any atom is -0.366 e. The van der Waals surface area contributed by atoms with Crippen LogP contribution < -0.4 is 5.73 Å². The number of hydrogen-bond acceptors (Lipinski definition) is 4. The van der Waals surface area contributed by atoms with Crippen LogP contribution in [0.25, 0.3) is 0 Å². The van der Waals surface area contributed by atoms with Crippen LogP contribution in [0.4, 0.5) is 0 Å². The summed E-state index contributed by atoms with van der Waals surface area (Å²) in [4.78, 5) is 15.5. The van der Waals surface area contributed by atoms with Gasteiger partial charge in [0, 0.05) is 23.4 Å². The summed E-state index contributed by atoms with van der Waals surface area (Å²) in [5, 5.41) is 0. The molecule has 1 aliphatic rings. The fourth-order valence-corrected chi connectivity index (χ4v) is 2.82. The van der Waals surface area contributed by atoms with Crippen LogP contribution in [0, 0.1) is 0 Å². The lowest BCUT2D eigenvalue weighted by Crippen LogP contribution is -2.18. The summed E-state index contributed by atoms with van der Waals surface area (Å²) >= 11 is 0. The number of primary amides is 1. The number of nitrogens with two attached hydrogens (primary N) is 1. The third kappa shape index (κ3) is 2.35. The van der Waals surface area contributed by atoms with Gasteiger partial charge in [-0.05, 0) is 33.7 Å². The average molecular weight is 238 g/mol. The SMILES string of the molecule is CC(C(C(N)=O)=C1SS1)c1ccccn1. The molecule has 0 spiro atoms. The van der Waals surface area contributed by atoms with Crippen LogP contribution in [0.5, 0.6) is 0 Å². The molecule has 1 unspecified atom stereocenters. The van der Waals surface area contributed by atoms with Crippen LogP contribution in [0.3, 0.4) is 0 Å². The van der Waals surface area contributed by atoms with Crippen molar-refractivity contribution >= 4 is 27.5 Å². The minimum absolute atomic E-state index is 0.0267. The van der Waals surface area contributed by atoms with Crippen molar-refractivity contribution < 1.29 is 4.79 Å². The van der Waals surface area contributed by atoms with Gasteiger partial charge >= 0.3 is 0 Å². The van der Waals surface area contributed by atoms with Crippen molar-refractivity contribution in [2.45, 2.75) is 12.8 Å². The number of aromatic nitrogens is 1. The van der Waals surface area contributed by atoms with Gasteiger partial charge in [0.2, 0.25) is 5.91 Å². The van der Waals surface area contributed by atoms with Crippen molar-refractivity contribution in [1.82, 2.24) is 4.98 Å². The Morgan fingerprint density at radius 1 is 1.47 bits per heavy atom. The Bertz CT molecular complexity index is 411. The summed E-state index contributed by atoms with van der Waals surface area (Å²) in [6.45, 7) is 1.95. The first-order valence-electron chi connectivity index (χ1n) is 4.49. The van der Waals surface area contributed by atoms with Crippen molar-refractivity contribution in [2.75, 3.05) is 0 Å². The second-order valence-electron chi connectivity index (χ2n) is 3.21. The Morgan fingerprint density at radius 3 is 2.67 bits per heavy atom. The fourth-order valence-electron chi connectivity index (χ4n) is 1.38. The van der Waals surface area contributed by atoms with E-state index in [2.05, 4.69) is 4.98 Å². The van der Waals surface area contributed by atoms with Crippen LogP contribution in [-0.4, -0.2) is 10.9 Å². The number of rotatable bonds is 3. The van der Waals surface area contributed by atoms with Crippen molar-refractivity contribution in [3.8, 4) is 0 Å². The Balaban J connectivity index is 2.31. The molecule has 15 heavy (non-hydrogen) atoms. The predicted molar refractivity (Wildman–Crippen MR) is 64.1 cm³/mol. The first kappa shape index (κ1) is 10.6. The van der Waals surface area contributed by atoms with Crippen LogP contribution in [0.15, 0.2) is 34.2 Å². The molecular weight excluding hydrogens is 228 g/mol. The monoisotopic (exact) mass is 238 g/mol. The van der Waals surface area contributed by atoms with Gasteiger partial charge in [0.1, 0.15) is 0 Å². The molecule has 1 fully saturated rings. The van der Waals surface area contributed by atoms with E-state index in [4.69, 9.17) is 5.73 Å². The van der Waals surface area contributed by atoms with Crippen LogP contribution >= 0.6 is 21.6 Å². The topological polar surface area (TPSA) is 56.0 Å². The highest BCUT2D eigenvalue weighted by atomic mass is 33.2. The van der Waals surface area contributed by atoms with Gasteiger partial charge in [-0.2, -0.15) is 0 Å². The first-order valence-corrected chi connectivity index (χ1v) is 6.64. The molecule has 5 heteroatoms. The maximum atomic E-state index is 11.3. The van der Waals surface area contributed by atoms with Gasteiger partial charge in [-0.25, -0.2) is 0 Å². The molecule has 0 bridgehead atoms. The molecule has 1 atom stereocenters. The lowest BCUT2D eigenvalue weighted by molar-refractivity contribution is -0.114. The van der Waals surface area contributed by atoms with E-state index in [0.29, 0.717) is 5.57 Å². The molecule has 1 saturated heterocycles. The van der Waals surface area contributed by atoms with Gasteiger partial charge in [-0.1, -0.05) is 13.0 Å². The Kier molecular flexibility index (Phi) is 3.02. The highest BCUT2D eigenvalue weighted by Crippen LogP contribution is 2.61. The molecule has 2 rings (SSSR count). The van der Waals surface area contributed by atoms with Gasteiger partial charge in [0.25, 0.3) is 0 Å². The zero-order chi connectivity index (χ0) is 10.8. The van der Waals surface area contributed by atoms with Crippen molar-refractivity contribution in [1.29, 1.82) is 0 Å². The Labute approximate surface area is 95.9 Å². The van der Waals surface area contributed by atoms with Crippen LogP contribution in [0.1, 0.15) is 18.5 Å². The highest BCUT2D eigenvalue weighted by Gasteiger charge is 2.29. The van der Waals surface area contributed by atoms with Gasteiger partial charge in [0.05, 0.1) is 4.24 Å². The summed E-state index contributed by atoms with van der Waals surface area (Å²) in [5.41, 5.74) is 6.93. The van der Waals surface area contributed by atoms with Crippen molar-refractivity contribution in [2.24, 2.45) is 5.73 Å². The molecule has 1 amide bonds. The van der Waals surface area contributed by atoms with E-state index in [0.717, 1.165) is 9.93 Å². The van der Waals surface area contributed by atoms with Gasteiger partial charge in [0.15, 0.2) is 0 Å². The Morgan fingerprint density at radius 2 is 2.20 bits per heavy atom. The van der Waals surface area contributed by atoms with Gasteiger partial charge < -0.3 is 5.73 Å². The average Bonchev–Trinajstić information content (AvgIpc) is 3.03. The van der Waals surface area contributed by atoms with E-state index >= 15 is 0 Å². The molecule has 0 saturated carbocycles. The summed E-state index contributed by atoms with van der Waals surface area (Å²) in [5.74, 6) is -0.373. The zero-order valence-electron chi connectivity index (χ0n) is 8.14. The normalized spacial score (nSPS) is 15.9. The second kappa shape index (κ2) is 4.28. The summed E-state index contributed by atoms with van der Waals surface area (Å²) in [6, 6.07) is 5.68. The highest BCUT2D eigenvalue weighted by molar-refractivity contribution is 8.96. The van der Waals surface area contributed by atoms with E-state index in [9.17, 15) is 4.79 Å². The predicted octanol–water partition coefficient (Wildman–Crippen LogP) is 2.28. The first-order chi connectivity index (χ1) is 7.20. The van der Waals surface area contributed by atoms with Crippen molar-refractivity contribution in [3.63, 3.8) is 0 Å². The third-order valence-corrected chi connectivity index (χ3v) is 3.99. The summed E-state index contributed by atoms with van der Waals surface area (Å²) in [7, 11) is 3.19. The molecule has 0 aromatic carbocycles. The number of nitrogens with zero attached hydrogens (tertiary/aromatic N) is 1. The molecule has 0 radical (unpaired) electrons. The van der Waals surface area contributed by atoms with E-state index in [1.807, 2.05) is 25.1 Å². The van der Waals surface area contributed by atoms with E-state index < -0.39 is 0 Å². The number of amides is 1. The molecule has 0 aliphatic carbocycles. The van der Waals surface area contributed by atoms with Crippen LogP contribution in [-0.2, 0) is 4.79 Å². The largest absolute Gasteiger partial charge is 0.366 e. The maximum absolute atomic E-state index is 11.3. The summed E-state index contributed by atoms with van der Waals surface area (Å²) < 4.78 is 1.03. The smallest absolute Gasteiger partial charge is 0.247 e. The van der Waals surface area contributed by atoms with E-state index in [1.54, 1.807) is 27.8 Å². The van der Waals surface area contributed by atoms with Gasteiger partial charge in [-0.15, -0.1) is 0 Å². The lowest BCUT2D eigenvalue weighted by Gasteiger charge is -2.11. The molecular formula is C10H10N2OS2. The van der Waals surface area contributed by atoms with E-state index in [-0.39, 0.29) is 11.8 Å². The number of carbonyl (C=O) groups excluding carboxylic acids is 1. The fraction of sp³-hybridized carbons (Fsp3) is 0.200. The van der Waals surface area contributed by atoms with Crippen LogP contribution in [0.2, 0.25) is 0 Å². The Hall–Kier alpha value is -0.940. The maximum Gasteiger partial charge on any atom is 0.247 e. The molecule has 1 aliphatic heterocycles. The third-order valence-electron chi connectivity index (χ3n) is 2.22. The molecule has 78 valence electrons. The second-order valence-corrected chi connectivity index (χ2v) is 5.62. The number of pyridine rings is 1. The quantitative estimate of drug-likeness (QED) is 0.498. The van der Waals surface area contributed by atoms with Crippen molar-refractivity contribution in [3.05, 3.63) is 39.9 Å².